The molecule has 2 aromatic rings. The average Bonchev–Trinajstić information content (AvgIpc) is 3.23. The molecule has 1 aromatic carbocycles. The Morgan fingerprint density at radius 3 is 2.31 bits per heavy atom. The van der Waals surface area contributed by atoms with Crippen LogP contribution in [-0.4, -0.2) is 43.8 Å². The summed E-state index contributed by atoms with van der Waals surface area (Å²) in [5.74, 6) is -0.202. The minimum Gasteiger partial charge on any atom is -0.361 e. The second-order valence-corrected chi connectivity index (χ2v) is 8.38. The molecule has 1 aliphatic heterocycles. The molecule has 1 saturated heterocycles. The summed E-state index contributed by atoms with van der Waals surface area (Å²) in [7, 11) is -3.86. The lowest BCUT2D eigenvalue weighted by Gasteiger charge is -2.24. The number of aryl methyl sites for hydroxylation is 2. The van der Waals surface area contributed by atoms with E-state index in [1.165, 1.54) is 4.31 Å². The zero-order valence-corrected chi connectivity index (χ0v) is 16.3. The number of sulfonamides is 1. The first-order valence-electron chi connectivity index (χ1n) is 8.94. The molecule has 1 aromatic heterocycles. The van der Waals surface area contributed by atoms with Crippen LogP contribution in [0.3, 0.4) is 0 Å². The smallest absolute Gasteiger partial charge is 0.266 e. The third-order valence-corrected chi connectivity index (χ3v) is 6.88. The average molecular weight is 375 g/mol. The maximum Gasteiger partial charge on any atom is 0.266 e. The summed E-state index contributed by atoms with van der Waals surface area (Å²) >= 11 is 0. The molecule has 0 atom stereocenters. The Balaban J connectivity index is 2.11. The highest BCUT2D eigenvalue weighted by Crippen LogP contribution is 2.31. The van der Waals surface area contributed by atoms with Gasteiger partial charge in [-0.05, 0) is 45.7 Å². The molecule has 6 nitrogen and oxygen atoms in total. The molecule has 7 heteroatoms. The van der Waals surface area contributed by atoms with Gasteiger partial charge in [0.05, 0.1) is 11.3 Å². The predicted molar refractivity (Wildman–Crippen MR) is 102 cm³/mol. The summed E-state index contributed by atoms with van der Waals surface area (Å²) in [6.07, 6.45) is 1.92. The largest absolute Gasteiger partial charge is 0.361 e. The predicted octanol–water partition coefficient (Wildman–Crippen LogP) is 3.08. The van der Waals surface area contributed by atoms with Gasteiger partial charge >= 0.3 is 0 Å². The number of rotatable bonds is 5. The van der Waals surface area contributed by atoms with E-state index in [4.69, 9.17) is 0 Å². The van der Waals surface area contributed by atoms with Crippen molar-refractivity contribution in [2.75, 3.05) is 23.9 Å². The van der Waals surface area contributed by atoms with Gasteiger partial charge in [0, 0.05) is 31.0 Å². The Kier molecular flexibility index (Phi) is 5.09. The summed E-state index contributed by atoms with van der Waals surface area (Å²) in [6, 6.07) is 8.98. The topological polar surface area (TPSA) is 73.5 Å². The van der Waals surface area contributed by atoms with Gasteiger partial charge in [0.1, 0.15) is 4.90 Å². The molecule has 1 fully saturated rings. The fourth-order valence-electron chi connectivity index (χ4n) is 3.61. The molecule has 0 radical (unpaired) electrons. The van der Waals surface area contributed by atoms with Gasteiger partial charge in [0.2, 0.25) is 0 Å². The second kappa shape index (κ2) is 7.15. The molecule has 2 heterocycles. The van der Waals surface area contributed by atoms with E-state index in [-0.39, 0.29) is 22.9 Å². The highest BCUT2D eigenvalue weighted by molar-refractivity contribution is 7.93. The van der Waals surface area contributed by atoms with Gasteiger partial charge in [-0.1, -0.05) is 18.2 Å². The first kappa shape index (κ1) is 18.5. The van der Waals surface area contributed by atoms with Crippen LogP contribution in [0.5, 0.6) is 0 Å². The summed E-state index contributed by atoms with van der Waals surface area (Å²) in [5.41, 5.74) is 1.97. The highest BCUT2D eigenvalue weighted by Gasteiger charge is 2.35. The molecule has 1 amide bonds. The van der Waals surface area contributed by atoms with Crippen molar-refractivity contribution >= 4 is 21.6 Å². The third kappa shape index (κ3) is 3.11. The Morgan fingerprint density at radius 2 is 1.73 bits per heavy atom. The number of hydrogen-bond donors (Lipinski definition) is 1. The van der Waals surface area contributed by atoms with Crippen LogP contribution in [0.15, 0.2) is 35.2 Å². The number of likely N-dealkylation sites (tertiary alicyclic amines) is 1. The fourth-order valence-corrected chi connectivity index (χ4v) is 5.51. The number of benzene rings is 1. The summed E-state index contributed by atoms with van der Waals surface area (Å²) in [4.78, 5) is 17.9. The SMILES string of the molecule is CCN(c1ccccc1)S(=O)(=O)c1c(C)[nH]c(C)c1C(=O)N1CCCC1. The second-order valence-electron chi connectivity index (χ2n) is 6.58. The van der Waals surface area contributed by atoms with Gasteiger partial charge in [-0.15, -0.1) is 0 Å². The number of carbonyl (C=O) groups excluding carboxylic acids is 1. The van der Waals surface area contributed by atoms with Crippen LogP contribution in [0, 0.1) is 13.8 Å². The summed E-state index contributed by atoms with van der Waals surface area (Å²) in [6.45, 7) is 6.90. The molecule has 0 bridgehead atoms. The van der Waals surface area contributed by atoms with Crippen LogP contribution in [0.1, 0.15) is 41.5 Å². The number of nitrogens with zero attached hydrogens (tertiary/aromatic N) is 2. The number of aromatic amines is 1. The highest BCUT2D eigenvalue weighted by atomic mass is 32.2. The van der Waals surface area contributed by atoms with Crippen molar-refractivity contribution in [2.24, 2.45) is 0 Å². The molecule has 0 unspecified atom stereocenters. The lowest BCUT2D eigenvalue weighted by atomic mass is 10.2. The standard InChI is InChI=1S/C19H25N3O3S/c1-4-22(16-10-6-5-7-11-16)26(24,25)18-15(3)20-14(2)17(18)19(23)21-12-8-9-13-21/h5-7,10-11,20H,4,8-9,12-13H2,1-3H3. The molecule has 1 aliphatic rings. The number of aromatic nitrogens is 1. The van der Waals surface area contributed by atoms with Crippen LogP contribution in [0.2, 0.25) is 0 Å². The van der Waals surface area contributed by atoms with Crippen LogP contribution in [0.4, 0.5) is 5.69 Å². The van der Waals surface area contributed by atoms with Crippen molar-refractivity contribution in [3.63, 3.8) is 0 Å². The van der Waals surface area contributed by atoms with Crippen LogP contribution < -0.4 is 4.31 Å². The van der Waals surface area contributed by atoms with Crippen molar-refractivity contribution in [3.05, 3.63) is 47.3 Å². The molecule has 140 valence electrons. The number of hydrogen-bond acceptors (Lipinski definition) is 3. The summed E-state index contributed by atoms with van der Waals surface area (Å²) in [5, 5.41) is 0. The van der Waals surface area contributed by atoms with Gasteiger partial charge in [-0.25, -0.2) is 8.42 Å². The number of para-hydroxylation sites is 1. The lowest BCUT2D eigenvalue weighted by molar-refractivity contribution is 0.0788. The number of amides is 1. The van der Waals surface area contributed by atoms with E-state index in [2.05, 4.69) is 4.98 Å². The van der Waals surface area contributed by atoms with Crippen LogP contribution in [0.25, 0.3) is 0 Å². The van der Waals surface area contributed by atoms with Crippen molar-refractivity contribution in [3.8, 4) is 0 Å². The monoisotopic (exact) mass is 375 g/mol. The van der Waals surface area contributed by atoms with E-state index in [1.807, 2.05) is 6.07 Å². The fraction of sp³-hybridized carbons (Fsp3) is 0.421. The zero-order valence-electron chi connectivity index (χ0n) is 15.4. The normalized spacial score (nSPS) is 14.7. The Labute approximate surface area is 154 Å². The lowest BCUT2D eigenvalue weighted by Crippen LogP contribution is -2.34. The van der Waals surface area contributed by atoms with E-state index < -0.39 is 10.0 Å². The van der Waals surface area contributed by atoms with E-state index in [0.29, 0.717) is 30.2 Å². The quantitative estimate of drug-likeness (QED) is 0.873. The minimum atomic E-state index is -3.86. The molecule has 0 spiro atoms. The van der Waals surface area contributed by atoms with E-state index >= 15 is 0 Å². The third-order valence-electron chi connectivity index (χ3n) is 4.80. The first-order valence-corrected chi connectivity index (χ1v) is 10.4. The molecular weight excluding hydrogens is 350 g/mol. The van der Waals surface area contributed by atoms with Crippen molar-refractivity contribution < 1.29 is 13.2 Å². The number of carbonyl (C=O) groups is 1. The molecular formula is C19H25N3O3S. The Hall–Kier alpha value is -2.28. The molecule has 26 heavy (non-hydrogen) atoms. The van der Waals surface area contributed by atoms with Crippen molar-refractivity contribution in [1.29, 1.82) is 0 Å². The van der Waals surface area contributed by atoms with Crippen LogP contribution >= 0.6 is 0 Å². The molecule has 0 saturated carbocycles. The van der Waals surface area contributed by atoms with Crippen molar-refractivity contribution in [2.45, 2.75) is 38.5 Å². The number of anilines is 1. The maximum atomic E-state index is 13.5. The Morgan fingerprint density at radius 1 is 1.12 bits per heavy atom. The summed E-state index contributed by atoms with van der Waals surface area (Å²) < 4.78 is 28.3. The van der Waals surface area contributed by atoms with Crippen LogP contribution in [-0.2, 0) is 10.0 Å². The number of nitrogens with one attached hydrogen (secondary N) is 1. The Bertz CT molecular complexity index is 898. The van der Waals surface area contributed by atoms with E-state index in [0.717, 1.165) is 12.8 Å². The van der Waals surface area contributed by atoms with E-state index in [1.54, 1.807) is 49.9 Å². The van der Waals surface area contributed by atoms with Gasteiger partial charge in [-0.2, -0.15) is 0 Å². The zero-order chi connectivity index (χ0) is 18.9. The van der Waals surface area contributed by atoms with Gasteiger partial charge < -0.3 is 9.88 Å². The van der Waals surface area contributed by atoms with Gasteiger partial charge in [0.15, 0.2) is 0 Å². The molecule has 3 rings (SSSR count). The van der Waals surface area contributed by atoms with Gasteiger partial charge in [-0.3, -0.25) is 9.10 Å². The van der Waals surface area contributed by atoms with Crippen molar-refractivity contribution in [1.82, 2.24) is 9.88 Å². The molecule has 0 aliphatic carbocycles. The van der Waals surface area contributed by atoms with E-state index in [9.17, 15) is 13.2 Å². The van der Waals surface area contributed by atoms with Gasteiger partial charge in [0.25, 0.3) is 15.9 Å². The molecule has 1 N–H and O–H groups in total. The minimum absolute atomic E-state index is 0.0950. The number of H-pyrrole nitrogens is 1. The maximum absolute atomic E-state index is 13.5. The first-order chi connectivity index (χ1) is 12.4.